The van der Waals surface area contributed by atoms with E-state index in [9.17, 15) is 12.8 Å². The van der Waals surface area contributed by atoms with Gasteiger partial charge in [-0.25, -0.2) is 9.37 Å². The highest BCUT2D eigenvalue weighted by Gasteiger charge is 2.59. The van der Waals surface area contributed by atoms with Gasteiger partial charge in [0.1, 0.15) is 12.4 Å². The normalized spacial score (nSPS) is 27.4. The van der Waals surface area contributed by atoms with Gasteiger partial charge in [0.25, 0.3) is 10.2 Å². The molecule has 0 unspecified atom stereocenters. The van der Waals surface area contributed by atoms with Crippen LogP contribution in [0.1, 0.15) is 24.0 Å². The Bertz CT molecular complexity index is 1410. The fraction of sp³-hybridized carbons (Fsp3) is 0.360. The number of nitriles is 1. The summed E-state index contributed by atoms with van der Waals surface area (Å²) in [6.07, 6.45) is 7.22. The lowest BCUT2D eigenvalue weighted by Gasteiger charge is -2.33. The molecule has 2 heterocycles. The maximum absolute atomic E-state index is 13.3. The lowest BCUT2D eigenvalue weighted by atomic mass is 9.79. The number of fused-ring (bicyclic) bond motifs is 1. The fourth-order valence-corrected chi connectivity index (χ4v) is 7.73. The van der Waals surface area contributed by atoms with Crippen molar-refractivity contribution in [1.29, 1.82) is 5.26 Å². The van der Waals surface area contributed by atoms with Crippen LogP contribution in [0.3, 0.4) is 0 Å². The van der Waals surface area contributed by atoms with E-state index in [0.717, 1.165) is 42.6 Å². The van der Waals surface area contributed by atoms with Crippen LogP contribution in [-0.2, 0) is 23.1 Å². The second-order valence-corrected chi connectivity index (χ2v) is 11.2. The van der Waals surface area contributed by atoms with Crippen LogP contribution in [0.2, 0.25) is 0 Å². The Hall–Kier alpha value is -3.06. The quantitative estimate of drug-likeness (QED) is 0.587. The Labute approximate surface area is 198 Å². The molecule has 2 bridgehead atoms. The highest BCUT2D eigenvalue weighted by molar-refractivity contribution is 7.87. The molecular weight excluding hydrogens is 453 g/mol. The summed E-state index contributed by atoms with van der Waals surface area (Å²) in [6, 6.07) is 14.7. The average molecular weight is 478 g/mol. The highest BCUT2D eigenvalue weighted by Crippen LogP contribution is 2.50. The molecule has 2 aliphatic carbocycles. The van der Waals surface area contributed by atoms with Crippen LogP contribution in [0.4, 0.5) is 4.39 Å². The maximum atomic E-state index is 13.3. The molecule has 2 aromatic carbocycles. The Balaban J connectivity index is 1.31. The Morgan fingerprint density at radius 2 is 1.85 bits per heavy atom. The molecule has 3 aromatic rings. The first kappa shape index (κ1) is 21.5. The van der Waals surface area contributed by atoms with Gasteiger partial charge in [0.15, 0.2) is 0 Å². The van der Waals surface area contributed by atoms with Crippen molar-refractivity contribution in [2.75, 3.05) is 13.1 Å². The van der Waals surface area contributed by atoms with Gasteiger partial charge in [0.2, 0.25) is 0 Å². The van der Waals surface area contributed by atoms with Crippen LogP contribution >= 0.6 is 0 Å². The van der Waals surface area contributed by atoms with Crippen molar-refractivity contribution in [3.05, 3.63) is 71.9 Å². The number of aromatic nitrogens is 2. The van der Waals surface area contributed by atoms with Crippen molar-refractivity contribution in [1.82, 2.24) is 18.6 Å². The van der Waals surface area contributed by atoms with E-state index in [0.29, 0.717) is 6.54 Å². The average Bonchev–Trinajstić information content (AvgIpc) is 3.45. The summed E-state index contributed by atoms with van der Waals surface area (Å²) in [4.78, 5) is 4.57. The third-order valence-corrected chi connectivity index (χ3v) is 9.38. The number of imidazole rings is 1. The largest absolute Gasteiger partial charge is 0.306 e. The van der Waals surface area contributed by atoms with Crippen molar-refractivity contribution in [3.63, 3.8) is 0 Å². The summed E-state index contributed by atoms with van der Waals surface area (Å²) in [5.74, 6) is 0.118. The minimum absolute atomic E-state index is 0.121. The van der Waals surface area contributed by atoms with Crippen LogP contribution in [-0.4, -0.2) is 40.9 Å². The molecule has 34 heavy (non-hydrogen) atoms. The van der Waals surface area contributed by atoms with Crippen LogP contribution < -0.4 is 4.72 Å². The Morgan fingerprint density at radius 1 is 1.12 bits per heavy atom. The van der Waals surface area contributed by atoms with Crippen LogP contribution in [0.5, 0.6) is 0 Å². The third kappa shape index (κ3) is 3.36. The van der Waals surface area contributed by atoms with Gasteiger partial charge in [0, 0.05) is 24.0 Å². The van der Waals surface area contributed by atoms with Crippen LogP contribution in [0, 0.1) is 29.0 Å². The van der Waals surface area contributed by atoms with Crippen molar-refractivity contribution >= 4 is 10.2 Å². The number of nitrogens with zero attached hydrogens (tertiary/aromatic N) is 4. The van der Waals surface area contributed by atoms with E-state index in [2.05, 4.69) is 27.9 Å². The smallest absolute Gasteiger partial charge is 0.281 e. The molecule has 9 heteroatoms. The van der Waals surface area contributed by atoms with Gasteiger partial charge in [0.05, 0.1) is 23.6 Å². The first-order chi connectivity index (χ1) is 16.4. The van der Waals surface area contributed by atoms with Gasteiger partial charge in [-0.3, -0.25) is 0 Å². The molecule has 1 saturated heterocycles. The number of halogens is 1. The fourth-order valence-electron chi connectivity index (χ4n) is 6.11. The van der Waals surface area contributed by atoms with Crippen LogP contribution in [0.25, 0.3) is 16.9 Å². The number of nitrogens with one attached hydrogen (secondary N) is 1. The number of hydrogen-bond acceptors (Lipinski definition) is 4. The van der Waals surface area contributed by atoms with Gasteiger partial charge in [-0.15, -0.1) is 0 Å². The molecule has 1 aromatic heterocycles. The minimum Gasteiger partial charge on any atom is -0.306 e. The van der Waals surface area contributed by atoms with E-state index >= 15 is 0 Å². The molecule has 0 amide bonds. The number of hydrogen-bond donors (Lipinski definition) is 1. The molecular formula is C25H24FN5O2S. The van der Waals surface area contributed by atoms with Crippen molar-refractivity contribution in [2.45, 2.75) is 31.2 Å². The topological polar surface area (TPSA) is 91.0 Å². The monoisotopic (exact) mass is 477 g/mol. The van der Waals surface area contributed by atoms with Gasteiger partial charge in [-0.2, -0.15) is 22.7 Å². The van der Waals surface area contributed by atoms with Gasteiger partial charge >= 0.3 is 0 Å². The molecule has 0 radical (unpaired) electrons. The molecule has 1 aliphatic heterocycles. The van der Waals surface area contributed by atoms with Crippen molar-refractivity contribution in [2.24, 2.45) is 11.8 Å². The summed E-state index contributed by atoms with van der Waals surface area (Å²) in [5, 5.41) is 9.11. The summed E-state index contributed by atoms with van der Waals surface area (Å²) < 4.78 is 44.9. The molecule has 2 fully saturated rings. The van der Waals surface area contributed by atoms with E-state index in [4.69, 9.17) is 5.26 Å². The van der Waals surface area contributed by atoms with Gasteiger partial charge in [-0.1, -0.05) is 12.1 Å². The molecule has 6 rings (SSSR count). The van der Waals surface area contributed by atoms with Gasteiger partial charge < -0.3 is 4.57 Å². The van der Waals surface area contributed by atoms with Crippen molar-refractivity contribution < 1.29 is 12.8 Å². The van der Waals surface area contributed by atoms with E-state index in [1.54, 1.807) is 18.5 Å². The molecule has 174 valence electrons. The third-order valence-electron chi connectivity index (χ3n) is 7.81. The predicted octanol–water partition coefficient (Wildman–Crippen LogP) is 3.22. The second kappa shape index (κ2) is 7.73. The van der Waals surface area contributed by atoms with E-state index in [1.807, 2.05) is 16.8 Å². The van der Waals surface area contributed by atoms with E-state index < -0.39 is 15.7 Å². The first-order valence-corrected chi connectivity index (χ1v) is 12.9. The standard InChI is InChI=1S/C25H24FN5O2S/c26-22-5-7-23(8-6-22)30-14-24(28-16-30)18-2-1-17-12-20-3-4-21(13-19(17)11-18)25(20)15-31(10-9-27)34(32,33)29-25/h1-2,5-8,11,14,16,20-21,29H,3-4,10,12-13,15H2/t20-,21+,25-/m1/s1. The molecule has 1 spiro atoms. The van der Waals surface area contributed by atoms with Gasteiger partial charge in [-0.05, 0) is 79.0 Å². The number of benzene rings is 2. The minimum atomic E-state index is -3.64. The highest BCUT2D eigenvalue weighted by atomic mass is 32.2. The van der Waals surface area contributed by atoms with E-state index in [-0.39, 0.29) is 24.2 Å². The zero-order valence-corrected chi connectivity index (χ0v) is 19.3. The van der Waals surface area contributed by atoms with E-state index in [1.165, 1.54) is 27.6 Å². The van der Waals surface area contributed by atoms with Crippen molar-refractivity contribution in [3.8, 4) is 23.0 Å². The molecule has 3 aliphatic rings. The lowest BCUT2D eigenvalue weighted by molar-refractivity contribution is 0.217. The second-order valence-electron chi connectivity index (χ2n) is 9.58. The number of rotatable bonds is 3. The summed E-state index contributed by atoms with van der Waals surface area (Å²) in [7, 11) is -3.64. The van der Waals surface area contributed by atoms with Crippen LogP contribution in [0.15, 0.2) is 55.0 Å². The summed E-state index contributed by atoms with van der Waals surface area (Å²) in [5.41, 5.74) is 4.65. The Morgan fingerprint density at radius 3 is 2.59 bits per heavy atom. The summed E-state index contributed by atoms with van der Waals surface area (Å²) in [6.45, 7) is 0.242. The first-order valence-electron chi connectivity index (χ1n) is 11.5. The molecule has 3 atom stereocenters. The molecule has 1 saturated carbocycles. The molecule has 7 nitrogen and oxygen atoms in total. The zero-order chi connectivity index (χ0) is 23.5. The zero-order valence-electron chi connectivity index (χ0n) is 18.5. The maximum Gasteiger partial charge on any atom is 0.281 e. The Kier molecular flexibility index (Phi) is 4.88. The predicted molar refractivity (Wildman–Crippen MR) is 125 cm³/mol. The molecule has 1 N–H and O–H groups in total. The lowest BCUT2D eigenvalue weighted by Crippen LogP contribution is -2.52. The SMILES string of the molecule is N#CCN1C[C@@]2(NS1(=O)=O)[C@@H]1CC[C@H]2Cc2cc(-c3cn(-c4ccc(F)cc4)cn3)ccc2C1. The summed E-state index contributed by atoms with van der Waals surface area (Å²) >= 11 is 0.